The molecule has 1 atom stereocenters. The van der Waals surface area contributed by atoms with E-state index < -0.39 is 28.7 Å². The molecule has 0 aliphatic carbocycles. The summed E-state index contributed by atoms with van der Waals surface area (Å²) < 4.78 is 42.6. The molecule has 3 aromatic heterocycles. The van der Waals surface area contributed by atoms with Crippen molar-refractivity contribution in [3.05, 3.63) is 99.8 Å². The molecule has 0 bridgehead atoms. The first kappa shape index (κ1) is 22.8. The highest BCUT2D eigenvalue weighted by Crippen LogP contribution is 2.35. The third kappa shape index (κ3) is 4.19. The fourth-order valence-electron chi connectivity index (χ4n) is 4.10. The lowest BCUT2D eigenvalue weighted by Crippen LogP contribution is -2.27. The topological polar surface area (TPSA) is 72.7 Å². The van der Waals surface area contributed by atoms with Crippen LogP contribution in [-0.4, -0.2) is 19.5 Å². The molecule has 1 N–H and O–H groups in total. The molecule has 0 fully saturated rings. The van der Waals surface area contributed by atoms with E-state index in [9.17, 15) is 18.0 Å². The van der Waals surface area contributed by atoms with E-state index in [4.69, 9.17) is 11.6 Å². The van der Waals surface area contributed by atoms with Crippen molar-refractivity contribution in [1.82, 2.24) is 19.5 Å². The molecule has 5 rings (SSSR count). The number of rotatable bonds is 4. The molecule has 0 spiro atoms. The van der Waals surface area contributed by atoms with Gasteiger partial charge >= 0.3 is 6.18 Å². The first-order valence-corrected chi connectivity index (χ1v) is 11.0. The quantitative estimate of drug-likeness (QED) is 0.302. The number of nitrogens with one attached hydrogen (secondary N) is 1. The summed E-state index contributed by atoms with van der Waals surface area (Å²) >= 11 is 6.09. The minimum Gasteiger partial charge on any atom is -0.360 e. The van der Waals surface area contributed by atoms with Crippen molar-refractivity contribution in [2.45, 2.75) is 19.1 Å². The van der Waals surface area contributed by atoms with Crippen LogP contribution in [0, 0.1) is 0 Å². The Bertz CT molecular complexity index is 1620. The molecule has 0 aliphatic heterocycles. The van der Waals surface area contributed by atoms with E-state index in [1.807, 2.05) is 0 Å². The average Bonchev–Trinajstić information content (AvgIpc) is 2.83. The summed E-state index contributed by atoms with van der Waals surface area (Å²) in [6.07, 6.45) is -3.09. The maximum atomic E-state index is 13.8. The zero-order valence-electron chi connectivity index (χ0n) is 18.2. The number of anilines is 1. The SMILES string of the molecule is CC(Nc1nc(Cl)nc2cccnc12)c1cc2cccc(C(F)(F)F)c2c(=O)n1-c1ccccc1. The van der Waals surface area contributed by atoms with Gasteiger partial charge in [-0.05, 0) is 60.3 Å². The van der Waals surface area contributed by atoms with Crippen molar-refractivity contribution < 1.29 is 13.2 Å². The number of nitrogens with zero attached hydrogens (tertiary/aromatic N) is 4. The van der Waals surface area contributed by atoms with Crippen LogP contribution < -0.4 is 10.9 Å². The average molecular weight is 496 g/mol. The zero-order valence-corrected chi connectivity index (χ0v) is 19.0. The molecule has 0 radical (unpaired) electrons. The van der Waals surface area contributed by atoms with E-state index in [1.165, 1.54) is 16.7 Å². The normalized spacial score (nSPS) is 12.7. The summed E-state index contributed by atoms with van der Waals surface area (Å²) in [7, 11) is 0. The molecular formula is C25H17ClF3N5O. The Kier molecular flexibility index (Phi) is 5.64. The standard InChI is InChI=1S/C25H17ClF3N5O/c1-14(31-22-21-18(11-6-12-30-21)32-24(26)33-22)19-13-15-7-5-10-17(25(27,28)29)20(15)23(35)34(19)16-8-3-2-4-9-16/h2-14H,1H3,(H,31,32,33). The summed E-state index contributed by atoms with van der Waals surface area (Å²) in [6.45, 7) is 1.78. The highest BCUT2D eigenvalue weighted by Gasteiger charge is 2.34. The van der Waals surface area contributed by atoms with Gasteiger partial charge in [0.05, 0.1) is 22.5 Å². The Morgan fingerprint density at radius 2 is 1.77 bits per heavy atom. The molecule has 0 saturated carbocycles. The van der Waals surface area contributed by atoms with Crippen LogP contribution >= 0.6 is 11.6 Å². The Hall–Kier alpha value is -3.98. The first-order chi connectivity index (χ1) is 16.7. The smallest absolute Gasteiger partial charge is 0.360 e. The molecule has 2 aromatic carbocycles. The van der Waals surface area contributed by atoms with Gasteiger partial charge in [-0.15, -0.1) is 0 Å². The van der Waals surface area contributed by atoms with Crippen LogP contribution in [0.4, 0.5) is 19.0 Å². The molecule has 6 nitrogen and oxygen atoms in total. The van der Waals surface area contributed by atoms with E-state index in [2.05, 4.69) is 20.3 Å². The van der Waals surface area contributed by atoms with Gasteiger partial charge in [0.15, 0.2) is 5.82 Å². The number of alkyl halides is 3. The lowest BCUT2D eigenvalue weighted by atomic mass is 10.0. The van der Waals surface area contributed by atoms with E-state index in [0.29, 0.717) is 28.2 Å². The predicted octanol–water partition coefficient (Wildman–Crippen LogP) is 6.17. The molecule has 1 unspecified atom stereocenters. The van der Waals surface area contributed by atoms with Gasteiger partial charge in [0.25, 0.3) is 5.56 Å². The number of fused-ring (bicyclic) bond motifs is 2. The van der Waals surface area contributed by atoms with Crippen molar-refractivity contribution in [3.8, 4) is 5.69 Å². The van der Waals surface area contributed by atoms with Gasteiger partial charge in [-0.25, -0.2) is 4.98 Å². The number of hydrogen-bond donors (Lipinski definition) is 1. The molecular weight excluding hydrogens is 479 g/mol. The summed E-state index contributed by atoms with van der Waals surface area (Å²) in [5.74, 6) is 0.337. The van der Waals surface area contributed by atoms with Crippen LogP contribution in [0.2, 0.25) is 5.28 Å². The Balaban J connectivity index is 1.74. The van der Waals surface area contributed by atoms with E-state index in [1.54, 1.807) is 61.7 Å². The summed E-state index contributed by atoms with van der Waals surface area (Å²) in [5, 5.41) is 3.01. The number of hydrogen-bond acceptors (Lipinski definition) is 5. The van der Waals surface area contributed by atoms with Gasteiger partial charge in [0.2, 0.25) is 5.28 Å². The van der Waals surface area contributed by atoms with Gasteiger partial charge in [0.1, 0.15) is 5.52 Å². The Labute approximate surface area is 202 Å². The second kappa shape index (κ2) is 8.66. The summed E-state index contributed by atoms with van der Waals surface area (Å²) in [5.41, 5.74) is 0.118. The van der Waals surface area contributed by atoms with Gasteiger partial charge < -0.3 is 5.32 Å². The molecule has 0 saturated heterocycles. The Morgan fingerprint density at radius 3 is 2.51 bits per heavy atom. The molecule has 176 valence electrons. The van der Waals surface area contributed by atoms with Crippen molar-refractivity contribution in [3.63, 3.8) is 0 Å². The van der Waals surface area contributed by atoms with Gasteiger partial charge in [-0.3, -0.25) is 14.3 Å². The minimum atomic E-state index is -4.68. The maximum absolute atomic E-state index is 13.8. The van der Waals surface area contributed by atoms with Crippen LogP contribution in [-0.2, 0) is 6.18 Å². The lowest BCUT2D eigenvalue weighted by Gasteiger charge is -2.22. The van der Waals surface area contributed by atoms with E-state index in [-0.39, 0.29) is 10.7 Å². The molecule has 5 aromatic rings. The molecule has 35 heavy (non-hydrogen) atoms. The lowest BCUT2D eigenvalue weighted by molar-refractivity contribution is -0.136. The largest absolute Gasteiger partial charge is 0.417 e. The van der Waals surface area contributed by atoms with Crippen LogP contribution in [0.3, 0.4) is 0 Å². The molecule has 0 aliphatic rings. The van der Waals surface area contributed by atoms with Crippen LogP contribution in [0.25, 0.3) is 27.5 Å². The van der Waals surface area contributed by atoms with E-state index in [0.717, 1.165) is 6.07 Å². The Morgan fingerprint density at radius 1 is 1.00 bits per heavy atom. The van der Waals surface area contributed by atoms with E-state index >= 15 is 0 Å². The summed E-state index contributed by atoms with van der Waals surface area (Å²) in [6, 6.07) is 16.7. The first-order valence-electron chi connectivity index (χ1n) is 10.6. The van der Waals surface area contributed by atoms with Crippen molar-refractivity contribution in [1.29, 1.82) is 0 Å². The van der Waals surface area contributed by atoms with Gasteiger partial charge in [0, 0.05) is 17.6 Å². The van der Waals surface area contributed by atoms with Crippen molar-refractivity contribution in [2.24, 2.45) is 0 Å². The van der Waals surface area contributed by atoms with Gasteiger partial charge in [-0.2, -0.15) is 18.2 Å². The van der Waals surface area contributed by atoms with Crippen molar-refractivity contribution in [2.75, 3.05) is 5.32 Å². The second-order valence-electron chi connectivity index (χ2n) is 7.89. The van der Waals surface area contributed by atoms with Crippen LogP contribution in [0.5, 0.6) is 0 Å². The van der Waals surface area contributed by atoms with Gasteiger partial charge in [-0.1, -0.05) is 30.3 Å². The monoisotopic (exact) mass is 495 g/mol. The number of halogens is 4. The number of benzene rings is 2. The number of para-hydroxylation sites is 1. The highest BCUT2D eigenvalue weighted by molar-refractivity contribution is 6.28. The minimum absolute atomic E-state index is 0.00832. The summed E-state index contributed by atoms with van der Waals surface area (Å²) in [4.78, 5) is 26.3. The molecule has 10 heteroatoms. The third-order valence-corrected chi connectivity index (χ3v) is 5.79. The zero-order chi connectivity index (χ0) is 24.7. The van der Waals surface area contributed by atoms with Crippen molar-refractivity contribution >= 4 is 39.2 Å². The molecule has 0 amide bonds. The fraction of sp³-hybridized carbons (Fsp3) is 0.120. The number of aromatic nitrogens is 4. The van der Waals surface area contributed by atoms with Crippen LogP contribution in [0.1, 0.15) is 24.2 Å². The highest BCUT2D eigenvalue weighted by atomic mass is 35.5. The second-order valence-corrected chi connectivity index (χ2v) is 8.23. The predicted molar refractivity (Wildman–Crippen MR) is 129 cm³/mol. The maximum Gasteiger partial charge on any atom is 0.417 e. The van der Waals surface area contributed by atoms with Crippen LogP contribution in [0.15, 0.2) is 77.7 Å². The third-order valence-electron chi connectivity index (χ3n) is 5.62. The fourth-order valence-corrected chi connectivity index (χ4v) is 4.27. The number of pyridine rings is 2. The molecule has 3 heterocycles.